The molecule has 5 nitrogen and oxygen atoms in total. The van der Waals surface area contributed by atoms with Gasteiger partial charge in [0.1, 0.15) is 5.01 Å². The van der Waals surface area contributed by atoms with Gasteiger partial charge < -0.3 is 5.32 Å². The van der Waals surface area contributed by atoms with Gasteiger partial charge in [-0.1, -0.05) is 40.3 Å². The summed E-state index contributed by atoms with van der Waals surface area (Å²) < 4.78 is 0.834. The van der Waals surface area contributed by atoms with Crippen molar-refractivity contribution in [2.24, 2.45) is 0 Å². The van der Waals surface area contributed by atoms with Crippen LogP contribution in [0.15, 0.2) is 28.7 Å². The third kappa shape index (κ3) is 4.06. The molecule has 0 bridgehead atoms. The molecule has 0 saturated carbocycles. The number of carbonyl (C=O) groups excluding carboxylic acids is 1. The predicted octanol–water partition coefficient (Wildman–Crippen LogP) is 2.99. The minimum Gasteiger partial charge on any atom is -0.307 e. The van der Waals surface area contributed by atoms with E-state index in [1.54, 1.807) is 18.2 Å². The molecule has 0 atom stereocenters. The summed E-state index contributed by atoms with van der Waals surface area (Å²) in [5, 5.41) is 15.0. The molecule has 0 aliphatic carbocycles. The van der Waals surface area contributed by atoms with Crippen LogP contribution < -0.4 is 10.6 Å². The van der Waals surface area contributed by atoms with E-state index in [1.165, 1.54) is 11.3 Å². The predicted molar refractivity (Wildman–Crippen MR) is 87.1 cm³/mol. The second-order valence-corrected chi connectivity index (χ2v) is 6.16. The van der Waals surface area contributed by atoms with Crippen LogP contribution in [0.4, 0.5) is 5.13 Å². The molecular formula is C12H11BrN4OS2. The summed E-state index contributed by atoms with van der Waals surface area (Å²) in [7, 11) is 0. The fourth-order valence-corrected chi connectivity index (χ4v) is 2.72. The van der Waals surface area contributed by atoms with Crippen LogP contribution in [0.2, 0.25) is 0 Å². The summed E-state index contributed by atoms with van der Waals surface area (Å²) in [6.45, 7) is 2.00. The molecule has 1 aromatic heterocycles. The lowest BCUT2D eigenvalue weighted by molar-refractivity contribution is 0.0977. The molecule has 20 heavy (non-hydrogen) atoms. The third-order valence-corrected chi connectivity index (χ3v) is 3.98. The topological polar surface area (TPSA) is 66.9 Å². The number of nitrogens with zero attached hydrogens (tertiary/aromatic N) is 2. The maximum Gasteiger partial charge on any atom is 0.257 e. The van der Waals surface area contributed by atoms with Gasteiger partial charge in [-0.2, -0.15) is 0 Å². The van der Waals surface area contributed by atoms with Gasteiger partial charge >= 0.3 is 0 Å². The number of thiocarbonyl (C=S) groups is 1. The van der Waals surface area contributed by atoms with Crippen molar-refractivity contribution in [1.29, 1.82) is 0 Å². The first-order valence-electron chi connectivity index (χ1n) is 5.78. The molecular weight excluding hydrogens is 360 g/mol. The van der Waals surface area contributed by atoms with Crippen molar-refractivity contribution in [3.8, 4) is 0 Å². The number of benzene rings is 1. The van der Waals surface area contributed by atoms with E-state index < -0.39 is 0 Å². The molecule has 0 saturated heterocycles. The Morgan fingerprint density at radius 1 is 1.45 bits per heavy atom. The Hall–Kier alpha value is -1.38. The Labute approximate surface area is 133 Å². The molecule has 0 spiro atoms. The molecule has 0 fully saturated rings. The van der Waals surface area contributed by atoms with Crippen LogP contribution in [0.3, 0.4) is 0 Å². The van der Waals surface area contributed by atoms with E-state index in [0.717, 1.165) is 15.9 Å². The molecule has 1 amide bonds. The van der Waals surface area contributed by atoms with E-state index in [4.69, 9.17) is 12.2 Å². The zero-order valence-electron chi connectivity index (χ0n) is 10.5. The molecule has 2 N–H and O–H groups in total. The number of nitrogens with one attached hydrogen (secondary N) is 2. The van der Waals surface area contributed by atoms with Crippen LogP contribution in [-0.2, 0) is 6.42 Å². The first-order valence-corrected chi connectivity index (χ1v) is 7.80. The Kier molecular flexibility index (Phi) is 5.16. The summed E-state index contributed by atoms with van der Waals surface area (Å²) in [4.78, 5) is 12.0. The number of hydrogen-bond acceptors (Lipinski definition) is 5. The molecule has 0 aliphatic heterocycles. The summed E-state index contributed by atoms with van der Waals surface area (Å²) in [6.07, 6.45) is 0.816. The zero-order chi connectivity index (χ0) is 14.5. The summed E-state index contributed by atoms with van der Waals surface area (Å²) >= 11 is 9.80. The highest BCUT2D eigenvalue weighted by molar-refractivity contribution is 9.10. The van der Waals surface area contributed by atoms with E-state index in [9.17, 15) is 4.79 Å². The van der Waals surface area contributed by atoms with Crippen LogP contribution in [0.25, 0.3) is 0 Å². The van der Waals surface area contributed by atoms with Crippen LogP contribution >= 0.6 is 39.5 Å². The van der Waals surface area contributed by atoms with E-state index in [0.29, 0.717) is 10.7 Å². The lowest BCUT2D eigenvalue weighted by Gasteiger charge is -2.06. The minimum atomic E-state index is -0.274. The van der Waals surface area contributed by atoms with Gasteiger partial charge in [-0.05, 0) is 36.8 Å². The first kappa shape index (κ1) is 15.0. The number of amides is 1. The van der Waals surface area contributed by atoms with Crippen molar-refractivity contribution < 1.29 is 4.79 Å². The standard InChI is InChI=1S/C12H11BrN4OS2/c1-2-9-16-17-12(20-9)15-11(19)14-10(18)7-4-3-5-8(13)6-7/h3-6H,2H2,1H3,(H2,14,15,17,18,19). The second-order valence-electron chi connectivity index (χ2n) is 3.77. The van der Waals surface area contributed by atoms with Gasteiger partial charge in [-0.3, -0.25) is 10.1 Å². The highest BCUT2D eigenvalue weighted by Crippen LogP contribution is 2.15. The van der Waals surface area contributed by atoms with Gasteiger partial charge in [-0.15, -0.1) is 10.2 Å². The fourth-order valence-electron chi connectivity index (χ4n) is 1.38. The molecule has 2 rings (SSSR count). The number of hydrogen-bond donors (Lipinski definition) is 2. The van der Waals surface area contributed by atoms with Gasteiger partial charge in [0.05, 0.1) is 0 Å². The molecule has 1 aromatic carbocycles. The van der Waals surface area contributed by atoms with Crippen LogP contribution in [0, 0.1) is 0 Å². The molecule has 0 radical (unpaired) electrons. The Balaban J connectivity index is 1.95. The Morgan fingerprint density at radius 3 is 2.90 bits per heavy atom. The Bertz CT molecular complexity index is 644. The summed E-state index contributed by atoms with van der Waals surface area (Å²) in [6, 6.07) is 7.07. The van der Waals surface area contributed by atoms with Crippen molar-refractivity contribution in [1.82, 2.24) is 15.5 Å². The molecule has 8 heteroatoms. The fraction of sp³-hybridized carbons (Fsp3) is 0.167. The maximum absolute atomic E-state index is 12.0. The number of anilines is 1. The molecule has 1 heterocycles. The van der Waals surface area contributed by atoms with Gasteiger partial charge in [0.2, 0.25) is 5.13 Å². The minimum absolute atomic E-state index is 0.203. The highest BCUT2D eigenvalue weighted by Gasteiger charge is 2.10. The summed E-state index contributed by atoms with van der Waals surface area (Å²) in [5.74, 6) is -0.274. The molecule has 104 valence electrons. The summed E-state index contributed by atoms with van der Waals surface area (Å²) in [5.41, 5.74) is 0.523. The SMILES string of the molecule is CCc1nnc(NC(=S)NC(=O)c2cccc(Br)c2)s1. The van der Waals surface area contributed by atoms with Crippen molar-refractivity contribution >= 4 is 55.6 Å². The number of aryl methyl sites for hydroxylation is 1. The number of aromatic nitrogens is 2. The third-order valence-electron chi connectivity index (χ3n) is 2.30. The monoisotopic (exact) mass is 370 g/mol. The molecule has 0 unspecified atom stereocenters. The zero-order valence-corrected chi connectivity index (χ0v) is 13.7. The van der Waals surface area contributed by atoms with Crippen molar-refractivity contribution in [2.45, 2.75) is 13.3 Å². The van der Waals surface area contributed by atoms with E-state index in [2.05, 4.69) is 36.8 Å². The quantitative estimate of drug-likeness (QED) is 0.812. The van der Waals surface area contributed by atoms with Crippen LogP contribution in [-0.4, -0.2) is 21.2 Å². The van der Waals surface area contributed by atoms with Crippen molar-refractivity contribution in [3.63, 3.8) is 0 Å². The number of halogens is 1. The Morgan fingerprint density at radius 2 is 2.25 bits per heavy atom. The van der Waals surface area contributed by atoms with Crippen LogP contribution in [0.1, 0.15) is 22.3 Å². The van der Waals surface area contributed by atoms with Gasteiger partial charge in [0, 0.05) is 10.0 Å². The van der Waals surface area contributed by atoms with Gasteiger partial charge in [0.25, 0.3) is 5.91 Å². The van der Waals surface area contributed by atoms with E-state index in [1.807, 2.05) is 13.0 Å². The second kappa shape index (κ2) is 6.87. The van der Waals surface area contributed by atoms with Crippen LogP contribution in [0.5, 0.6) is 0 Å². The van der Waals surface area contributed by atoms with Gasteiger partial charge in [-0.25, -0.2) is 0 Å². The van der Waals surface area contributed by atoms with Crippen molar-refractivity contribution in [2.75, 3.05) is 5.32 Å². The normalized spacial score (nSPS) is 10.1. The largest absolute Gasteiger partial charge is 0.307 e. The average molecular weight is 371 g/mol. The first-order chi connectivity index (χ1) is 9.58. The lowest BCUT2D eigenvalue weighted by Crippen LogP contribution is -2.34. The van der Waals surface area contributed by atoms with Crippen molar-refractivity contribution in [3.05, 3.63) is 39.3 Å². The van der Waals surface area contributed by atoms with Gasteiger partial charge in [0.15, 0.2) is 5.11 Å². The smallest absolute Gasteiger partial charge is 0.257 e. The number of carbonyl (C=O) groups is 1. The van der Waals surface area contributed by atoms with E-state index >= 15 is 0 Å². The van der Waals surface area contributed by atoms with E-state index in [-0.39, 0.29) is 11.0 Å². The lowest BCUT2D eigenvalue weighted by atomic mass is 10.2. The molecule has 0 aliphatic rings. The number of rotatable bonds is 3. The maximum atomic E-state index is 12.0. The highest BCUT2D eigenvalue weighted by atomic mass is 79.9. The molecule has 2 aromatic rings. The average Bonchev–Trinajstić information content (AvgIpc) is 2.86.